The zero-order chi connectivity index (χ0) is 9.54. The molecule has 2 aliphatic rings. The smallest absolute Gasteiger partial charge is 0.160 e. The summed E-state index contributed by atoms with van der Waals surface area (Å²) in [5, 5.41) is 10.6. The Morgan fingerprint density at radius 1 is 1.14 bits per heavy atom. The Balaban J connectivity index is 2.57. The van der Waals surface area contributed by atoms with Crippen molar-refractivity contribution in [3.05, 3.63) is 36.8 Å². The molecule has 14 heavy (non-hydrogen) atoms. The van der Waals surface area contributed by atoms with Gasteiger partial charge in [0.1, 0.15) is 18.2 Å². The van der Waals surface area contributed by atoms with E-state index < -0.39 is 0 Å². The van der Waals surface area contributed by atoms with Crippen molar-refractivity contribution < 1.29 is 9.52 Å². The van der Waals surface area contributed by atoms with Crippen molar-refractivity contribution in [3.8, 4) is 17.0 Å². The topological polar surface area (TPSA) is 46.3 Å². The summed E-state index contributed by atoms with van der Waals surface area (Å²) in [6.07, 6.45) is 2.85. The van der Waals surface area contributed by atoms with E-state index in [9.17, 15) is 5.11 Å². The highest BCUT2D eigenvalue weighted by Crippen LogP contribution is 2.37. The number of aromatic hydroxyl groups is 1. The molecule has 1 aromatic carbocycles. The highest BCUT2D eigenvalue weighted by molar-refractivity contribution is 5.99. The summed E-state index contributed by atoms with van der Waals surface area (Å²) in [4.78, 5) is 4.32. The fourth-order valence-electron chi connectivity index (χ4n) is 1.68. The minimum atomic E-state index is 0.135. The first kappa shape index (κ1) is 7.38. The molecule has 68 valence electrons. The molecule has 1 aromatic rings. The molecule has 2 heterocycles. The summed E-state index contributed by atoms with van der Waals surface area (Å²) in [5.41, 5.74) is 2.32. The van der Waals surface area contributed by atoms with E-state index in [1.54, 1.807) is 0 Å². The maximum atomic E-state index is 9.62. The number of hydrogen-bond donors (Lipinski definition) is 1. The van der Waals surface area contributed by atoms with Crippen LogP contribution in [0, 0.1) is 0 Å². The van der Waals surface area contributed by atoms with Crippen LogP contribution < -0.4 is 0 Å². The van der Waals surface area contributed by atoms with Crippen LogP contribution in [0.5, 0.6) is 5.75 Å². The normalized spacial score (nSPS) is 11.1. The Kier molecular flexibility index (Phi) is 1.31. The van der Waals surface area contributed by atoms with Crippen molar-refractivity contribution in [2.45, 2.75) is 0 Å². The molecule has 2 aliphatic heterocycles. The second kappa shape index (κ2) is 2.48. The van der Waals surface area contributed by atoms with Gasteiger partial charge in [-0.3, -0.25) is 0 Å². The minimum absolute atomic E-state index is 0.135. The van der Waals surface area contributed by atoms with Crippen molar-refractivity contribution in [1.29, 1.82) is 0 Å². The summed E-state index contributed by atoms with van der Waals surface area (Å²) < 4.78 is 4.94. The number of fused-ring (bicyclic) bond motifs is 3. The molecule has 3 rings (SSSR count). The molecule has 0 fully saturated rings. The molecule has 1 N–H and O–H groups in total. The van der Waals surface area contributed by atoms with Gasteiger partial charge in [0.05, 0.1) is 11.1 Å². The Labute approximate surface area is 80.0 Å². The van der Waals surface area contributed by atoms with Gasteiger partial charge in [-0.1, -0.05) is 18.2 Å². The molecule has 0 aliphatic carbocycles. The molecule has 3 heteroatoms. The van der Waals surface area contributed by atoms with Gasteiger partial charge >= 0.3 is 0 Å². The van der Waals surface area contributed by atoms with Gasteiger partial charge < -0.3 is 9.52 Å². The number of nitrogens with zero attached hydrogens (tertiary/aromatic N) is 1. The van der Waals surface area contributed by atoms with E-state index in [0.717, 1.165) is 16.5 Å². The Morgan fingerprint density at radius 2 is 2.00 bits per heavy atom. The lowest BCUT2D eigenvalue weighted by Gasteiger charge is -1.98. The molecule has 0 saturated heterocycles. The molecular weight excluding hydrogens is 178 g/mol. The zero-order valence-electron chi connectivity index (χ0n) is 7.27. The zero-order valence-corrected chi connectivity index (χ0v) is 7.27. The maximum Gasteiger partial charge on any atom is 0.160 e. The SMILES string of the molecule is Oc1cocc2nc3ccccc3c1-2. The predicted molar refractivity (Wildman–Crippen MR) is 52.3 cm³/mol. The van der Waals surface area contributed by atoms with Crippen LogP contribution in [0.3, 0.4) is 0 Å². The van der Waals surface area contributed by atoms with Crippen molar-refractivity contribution in [2.75, 3.05) is 0 Å². The number of rotatable bonds is 0. The van der Waals surface area contributed by atoms with E-state index in [4.69, 9.17) is 4.42 Å². The van der Waals surface area contributed by atoms with Gasteiger partial charge in [0.25, 0.3) is 0 Å². The Hall–Kier alpha value is -2.03. The number of benzene rings is 1. The summed E-state index contributed by atoms with van der Waals surface area (Å²) in [6, 6.07) is 7.69. The van der Waals surface area contributed by atoms with Crippen molar-refractivity contribution in [3.63, 3.8) is 0 Å². The second-order valence-corrected chi connectivity index (χ2v) is 3.15. The van der Waals surface area contributed by atoms with E-state index in [1.807, 2.05) is 24.3 Å². The molecule has 0 unspecified atom stereocenters. The molecule has 0 amide bonds. The Morgan fingerprint density at radius 3 is 2.93 bits per heavy atom. The molecule has 3 nitrogen and oxygen atoms in total. The van der Waals surface area contributed by atoms with E-state index in [2.05, 4.69) is 4.98 Å². The van der Waals surface area contributed by atoms with Gasteiger partial charge in [-0.25, -0.2) is 4.98 Å². The largest absolute Gasteiger partial charge is 0.504 e. The van der Waals surface area contributed by atoms with Crippen molar-refractivity contribution in [2.24, 2.45) is 0 Å². The van der Waals surface area contributed by atoms with Gasteiger partial charge in [0.2, 0.25) is 0 Å². The van der Waals surface area contributed by atoms with Crippen LogP contribution >= 0.6 is 0 Å². The average Bonchev–Trinajstić information content (AvgIpc) is 2.57. The van der Waals surface area contributed by atoms with Gasteiger partial charge in [-0.15, -0.1) is 0 Å². The quantitative estimate of drug-likeness (QED) is 0.585. The average molecular weight is 185 g/mol. The van der Waals surface area contributed by atoms with Crippen LogP contribution in [-0.4, -0.2) is 10.1 Å². The van der Waals surface area contributed by atoms with Gasteiger partial charge in [0, 0.05) is 5.39 Å². The second-order valence-electron chi connectivity index (χ2n) is 3.15. The first-order chi connectivity index (χ1) is 6.86. The first-order valence-electron chi connectivity index (χ1n) is 4.30. The van der Waals surface area contributed by atoms with Crippen LogP contribution in [0.15, 0.2) is 41.2 Å². The number of hydrogen-bond acceptors (Lipinski definition) is 3. The van der Waals surface area contributed by atoms with Crippen LogP contribution in [-0.2, 0) is 0 Å². The van der Waals surface area contributed by atoms with Gasteiger partial charge in [-0.05, 0) is 6.07 Å². The summed E-state index contributed by atoms with van der Waals surface area (Å²) in [6.45, 7) is 0. The monoisotopic (exact) mass is 185 g/mol. The summed E-state index contributed by atoms with van der Waals surface area (Å²) in [5.74, 6) is 0.135. The third kappa shape index (κ3) is 0.836. The van der Waals surface area contributed by atoms with E-state index in [-0.39, 0.29) is 5.75 Å². The standard InChI is InChI=1S/C11H7NO2/c13-10-6-14-5-9-11(10)7-3-1-2-4-8(7)12-9/h1-6,13H. The van der Waals surface area contributed by atoms with Crippen LogP contribution in [0.4, 0.5) is 0 Å². The van der Waals surface area contributed by atoms with E-state index >= 15 is 0 Å². The third-order valence-electron chi connectivity index (χ3n) is 2.29. The Bertz CT molecular complexity index is 571. The van der Waals surface area contributed by atoms with Gasteiger partial charge in [0.15, 0.2) is 5.75 Å². The van der Waals surface area contributed by atoms with E-state index in [1.165, 1.54) is 12.5 Å². The summed E-state index contributed by atoms with van der Waals surface area (Å²) >= 11 is 0. The first-order valence-corrected chi connectivity index (χ1v) is 4.30. The van der Waals surface area contributed by atoms with Gasteiger partial charge in [-0.2, -0.15) is 0 Å². The third-order valence-corrected chi connectivity index (χ3v) is 2.29. The molecule has 0 spiro atoms. The van der Waals surface area contributed by atoms with Crippen LogP contribution in [0.25, 0.3) is 22.2 Å². The number of para-hydroxylation sites is 1. The lowest BCUT2D eigenvalue weighted by molar-refractivity contribution is 0.436. The van der Waals surface area contributed by atoms with Crippen LogP contribution in [0.1, 0.15) is 0 Å². The van der Waals surface area contributed by atoms with Crippen molar-refractivity contribution in [1.82, 2.24) is 4.98 Å². The maximum absolute atomic E-state index is 9.62. The molecular formula is C11H7NO2. The predicted octanol–water partition coefficient (Wildman–Crippen LogP) is 2.64. The molecule has 0 bridgehead atoms. The fraction of sp³-hybridized carbons (Fsp3) is 0. The fourth-order valence-corrected chi connectivity index (χ4v) is 1.68. The molecule has 0 saturated carbocycles. The minimum Gasteiger partial charge on any atom is -0.504 e. The van der Waals surface area contributed by atoms with Crippen molar-refractivity contribution >= 4 is 10.9 Å². The molecule has 0 aromatic heterocycles. The molecule has 0 atom stereocenters. The highest BCUT2D eigenvalue weighted by atomic mass is 16.3. The summed E-state index contributed by atoms with van der Waals surface area (Å²) in [7, 11) is 0. The molecule has 0 radical (unpaired) electrons. The lowest BCUT2D eigenvalue weighted by atomic mass is 10.1. The number of aromatic nitrogens is 1. The van der Waals surface area contributed by atoms with E-state index in [0.29, 0.717) is 5.69 Å². The lowest BCUT2D eigenvalue weighted by Crippen LogP contribution is -1.75. The van der Waals surface area contributed by atoms with Crippen LogP contribution in [0.2, 0.25) is 0 Å². The highest BCUT2D eigenvalue weighted by Gasteiger charge is 2.15.